The first kappa shape index (κ1) is 23.1. The molecule has 0 atom stereocenters. The van der Waals surface area contributed by atoms with Gasteiger partial charge in [0.1, 0.15) is 12.4 Å². The van der Waals surface area contributed by atoms with Gasteiger partial charge in [-0.15, -0.1) is 0 Å². The first-order valence-electron chi connectivity index (χ1n) is 11.5. The van der Waals surface area contributed by atoms with E-state index in [4.69, 9.17) is 14.2 Å². The molecule has 33 heavy (non-hydrogen) atoms. The van der Waals surface area contributed by atoms with Crippen molar-refractivity contribution in [3.05, 3.63) is 47.8 Å². The van der Waals surface area contributed by atoms with E-state index in [1.54, 1.807) is 31.0 Å². The molecule has 1 saturated heterocycles. The molecule has 176 valence electrons. The highest BCUT2D eigenvalue weighted by Crippen LogP contribution is 2.33. The van der Waals surface area contributed by atoms with E-state index in [2.05, 4.69) is 9.88 Å². The normalized spacial score (nSPS) is 17.0. The molecule has 0 bridgehead atoms. The van der Waals surface area contributed by atoms with E-state index < -0.39 is 5.97 Å². The van der Waals surface area contributed by atoms with Gasteiger partial charge >= 0.3 is 5.97 Å². The highest BCUT2D eigenvalue weighted by molar-refractivity contribution is 6.18. The molecule has 2 aromatic rings. The predicted octanol–water partition coefficient (Wildman–Crippen LogP) is 2.74. The molecule has 1 aromatic heterocycles. The molecule has 1 fully saturated rings. The molecule has 3 heterocycles. The molecule has 0 saturated carbocycles. The van der Waals surface area contributed by atoms with Gasteiger partial charge in [-0.2, -0.15) is 0 Å². The maximum absolute atomic E-state index is 12.8. The molecule has 2 aliphatic heterocycles. The van der Waals surface area contributed by atoms with Crippen LogP contribution in [0.2, 0.25) is 0 Å². The maximum atomic E-state index is 12.8. The van der Waals surface area contributed by atoms with E-state index in [0.717, 1.165) is 55.1 Å². The van der Waals surface area contributed by atoms with Crippen LogP contribution in [0.25, 0.3) is 16.5 Å². The van der Waals surface area contributed by atoms with Crippen molar-refractivity contribution in [1.29, 1.82) is 0 Å². The Kier molecular flexibility index (Phi) is 7.47. The number of carbonyl (C=O) groups excluding carboxylic acids is 2. The van der Waals surface area contributed by atoms with E-state index in [0.29, 0.717) is 30.8 Å². The van der Waals surface area contributed by atoms with Gasteiger partial charge in [0, 0.05) is 43.3 Å². The van der Waals surface area contributed by atoms with Crippen LogP contribution in [-0.2, 0) is 25.5 Å². The third-order valence-electron chi connectivity index (χ3n) is 5.90. The summed E-state index contributed by atoms with van der Waals surface area (Å²) < 4.78 is 16.7. The minimum absolute atomic E-state index is 0.166. The average molecular weight is 454 g/mol. The average Bonchev–Trinajstić information content (AvgIpc) is 3.06. The van der Waals surface area contributed by atoms with Crippen molar-refractivity contribution in [2.75, 3.05) is 52.6 Å². The van der Waals surface area contributed by atoms with Crippen molar-refractivity contribution in [2.24, 2.45) is 0 Å². The van der Waals surface area contributed by atoms with E-state index in [1.165, 1.54) is 6.08 Å². The zero-order chi connectivity index (χ0) is 23.2. The second-order valence-electron chi connectivity index (χ2n) is 8.03. The van der Waals surface area contributed by atoms with Gasteiger partial charge in [-0.1, -0.05) is 6.08 Å². The molecule has 1 N–H and O–H groups in total. The number of benzene rings is 1. The number of carbonyl (C=O) groups is 2. The Morgan fingerprint density at radius 3 is 2.79 bits per heavy atom. The Bertz CT molecular complexity index is 1070. The lowest BCUT2D eigenvalue weighted by molar-refractivity contribution is -0.136. The second-order valence-corrected chi connectivity index (χ2v) is 8.03. The Morgan fingerprint density at radius 1 is 1.21 bits per heavy atom. The number of rotatable bonds is 7. The van der Waals surface area contributed by atoms with Crippen molar-refractivity contribution in [2.45, 2.75) is 20.3 Å². The van der Waals surface area contributed by atoms with E-state index in [1.807, 2.05) is 18.2 Å². The second kappa shape index (κ2) is 10.7. The van der Waals surface area contributed by atoms with Crippen LogP contribution in [0.4, 0.5) is 0 Å². The minimum atomic E-state index is -0.451. The van der Waals surface area contributed by atoms with Crippen molar-refractivity contribution in [3.8, 4) is 5.75 Å². The number of ether oxygens (including phenoxy) is 3. The monoisotopic (exact) mass is 453 g/mol. The van der Waals surface area contributed by atoms with Crippen LogP contribution < -0.4 is 4.74 Å². The molecule has 2 aliphatic rings. The fraction of sp³-hybridized carbons (Fsp3) is 0.440. The number of morpholine rings is 1. The van der Waals surface area contributed by atoms with Gasteiger partial charge in [0.25, 0.3) is 0 Å². The van der Waals surface area contributed by atoms with Crippen LogP contribution in [0.3, 0.4) is 0 Å². The summed E-state index contributed by atoms with van der Waals surface area (Å²) in [6, 6.07) is 5.92. The standard InChI is InChI=1S/C25H31N3O5/c1-3-5-23(29)28-9-8-19-20-16-18(33-15-12-27-10-13-31-14-11-27)6-7-22(20)26-24(19)21(17-28)25(30)32-4-2/h3,5-7,16-17,26H,4,8-15H2,1-2H3/b5-3+. The quantitative estimate of drug-likeness (QED) is 0.513. The van der Waals surface area contributed by atoms with E-state index >= 15 is 0 Å². The summed E-state index contributed by atoms with van der Waals surface area (Å²) in [4.78, 5) is 32.6. The molecular formula is C25H31N3O5. The molecule has 0 radical (unpaired) electrons. The molecular weight excluding hydrogens is 422 g/mol. The number of allylic oxidation sites excluding steroid dienone is 1. The molecule has 8 heteroatoms. The predicted molar refractivity (Wildman–Crippen MR) is 126 cm³/mol. The third-order valence-corrected chi connectivity index (χ3v) is 5.90. The van der Waals surface area contributed by atoms with Gasteiger partial charge in [0.05, 0.1) is 31.1 Å². The molecule has 8 nitrogen and oxygen atoms in total. The van der Waals surface area contributed by atoms with Crippen LogP contribution in [0, 0.1) is 0 Å². The number of nitrogens with zero attached hydrogens (tertiary/aromatic N) is 2. The molecule has 0 spiro atoms. The molecule has 1 amide bonds. The number of nitrogens with one attached hydrogen (secondary N) is 1. The van der Waals surface area contributed by atoms with E-state index in [-0.39, 0.29) is 12.5 Å². The van der Waals surface area contributed by atoms with Gasteiger partial charge < -0.3 is 24.1 Å². The first-order chi connectivity index (χ1) is 16.1. The van der Waals surface area contributed by atoms with Gasteiger partial charge in [-0.3, -0.25) is 9.69 Å². The minimum Gasteiger partial charge on any atom is -0.492 e. The smallest absolute Gasteiger partial charge is 0.341 e. The van der Waals surface area contributed by atoms with Crippen LogP contribution in [0.5, 0.6) is 5.75 Å². The zero-order valence-corrected chi connectivity index (χ0v) is 19.3. The lowest BCUT2D eigenvalue weighted by Crippen LogP contribution is -2.38. The fourth-order valence-electron chi connectivity index (χ4n) is 4.22. The number of aromatic amines is 1. The van der Waals surface area contributed by atoms with Crippen molar-refractivity contribution in [1.82, 2.24) is 14.8 Å². The number of aromatic nitrogens is 1. The Morgan fingerprint density at radius 2 is 2.03 bits per heavy atom. The Balaban J connectivity index is 1.59. The van der Waals surface area contributed by atoms with Crippen LogP contribution in [0.1, 0.15) is 25.1 Å². The van der Waals surface area contributed by atoms with Crippen LogP contribution in [0.15, 0.2) is 36.6 Å². The molecule has 0 aliphatic carbocycles. The van der Waals surface area contributed by atoms with Crippen LogP contribution >= 0.6 is 0 Å². The van der Waals surface area contributed by atoms with Gasteiger partial charge in [-0.25, -0.2) is 4.79 Å². The summed E-state index contributed by atoms with van der Waals surface area (Å²) in [5.74, 6) is 0.165. The molecule has 0 unspecified atom stereocenters. The summed E-state index contributed by atoms with van der Waals surface area (Å²) in [6.07, 6.45) is 5.40. The molecule has 4 rings (SSSR count). The summed E-state index contributed by atoms with van der Waals surface area (Å²) >= 11 is 0. The number of H-pyrrole nitrogens is 1. The highest BCUT2D eigenvalue weighted by atomic mass is 16.5. The first-order valence-corrected chi connectivity index (χ1v) is 11.5. The Hall–Kier alpha value is -3.10. The van der Waals surface area contributed by atoms with Crippen molar-refractivity contribution < 1.29 is 23.8 Å². The number of fused-ring (bicyclic) bond motifs is 3. The van der Waals surface area contributed by atoms with E-state index in [9.17, 15) is 9.59 Å². The lowest BCUT2D eigenvalue weighted by atomic mass is 10.0. The number of hydrogen-bond acceptors (Lipinski definition) is 6. The highest BCUT2D eigenvalue weighted by Gasteiger charge is 2.27. The number of amides is 1. The number of esters is 1. The summed E-state index contributed by atoms with van der Waals surface area (Å²) in [5.41, 5.74) is 2.96. The van der Waals surface area contributed by atoms with Gasteiger partial charge in [0.2, 0.25) is 5.91 Å². The lowest BCUT2D eigenvalue weighted by Gasteiger charge is -2.26. The summed E-state index contributed by atoms with van der Waals surface area (Å²) in [6.45, 7) is 9.13. The maximum Gasteiger partial charge on any atom is 0.341 e. The number of hydrogen-bond donors (Lipinski definition) is 1. The van der Waals surface area contributed by atoms with Gasteiger partial charge in [-0.05, 0) is 50.1 Å². The topological polar surface area (TPSA) is 84.1 Å². The summed E-state index contributed by atoms with van der Waals surface area (Å²) in [7, 11) is 0. The SMILES string of the molecule is C/C=C/C(=O)N1C=C(C(=O)OCC)c2[nH]c3ccc(OCCN4CCOCC4)cc3c2CC1. The van der Waals surface area contributed by atoms with Crippen LogP contribution in [-0.4, -0.2) is 79.3 Å². The van der Waals surface area contributed by atoms with Crippen molar-refractivity contribution >= 4 is 28.4 Å². The summed E-state index contributed by atoms with van der Waals surface area (Å²) in [5, 5.41) is 0.990. The zero-order valence-electron chi connectivity index (χ0n) is 19.3. The third kappa shape index (κ3) is 5.29. The molecule has 1 aromatic carbocycles. The van der Waals surface area contributed by atoms with Crippen molar-refractivity contribution in [3.63, 3.8) is 0 Å². The van der Waals surface area contributed by atoms with Gasteiger partial charge in [0.15, 0.2) is 0 Å². The fourth-order valence-corrected chi connectivity index (χ4v) is 4.22. The Labute approximate surface area is 193 Å². The largest absolute Gasteiger partial charge is 0.492 e.